The molecular weight excluding hydrogens is 528 g/mol. The molecule has 0 aliphatic heterocycles. The summed E-state index contributed by atoms with van der Waals surface area (Å²) in [6, 6.07) is 0. The minimum Gasteiger partial charge on any atom is -0.412 e. The number of rotatable bonds is 0. The third kappa shape index (κ3) is 9470. The maximum Gasteiger partial charge on any atom is 0.0483 e. The quantitative estimate of drug-likeness (QED) is 0.160. The van der Waals surface area contributed by atoms with Gasteiger partial charge in [0.1, 0.15) is 0 Å². The fraction of sp³-hybridized carbons (Fsp3) is 0.950. The Bertz CT molecular complexity index is 115. The minimum absolute atomic E-state index is 0. The van der Waals surface area contributed by atoms with Gasteiger partial charge >= 0.3 is 0 Å². The Kier molecular flexibility index (Phi) is 222. The van der Waals surface area contributed by atoms with Gasteiger partial charge in [-0.2, -0.15) is 0 Å². The van der Waals surface area contributed by atoms with Crippen molar-refractivity contribution in [3.05, 3.63) is 7.43 Å². The summed E-state index contributed by atoms with van der Waals surface area (Å²) < 4.78 is 0. The van der Waals surface area contributed by atoms with Gasteiger partial charge in [0.25, 0.3) is 0 Å². The first kappa shape index (κ1) is 84.1. The van der Waals surface area contributed by atoms with Crippen molar-refractivity contribution < 1.29 is 112 Å². The van der Waals surface area contributed by atoms with E-state index in [-0.39, 0.29) is 120 Å². The van der Waals surface area contributed by atoms with Gasteiger partial charge in [0.05, 0.1) is 0 Å². The molecule has 0 aromatic heterocycles. The van der Waals surface area contributed by atoms with Crippen LogP contribution in [0.3, 0.4) is 0 Å². The average molecular weight is 587 g/mol. The molecule has 0 amide bonds. The van der Waals surface area contributed by atoms with Gasteiger partial charge < -0.3 is 54.1 Å². The molecule has 0 spiro atoms. The van der Waals surface area contributed by atoms with Crippen molar-refractivity contribution in [2.45, 2.75) is 120 Å². The Labute approximate surface area is 244 Å². The zero-order valence-electron chi connectivity index (χ0n) is 23.1. The second-order valence-electron chi connectivity index (χ2n) is 6.56. The van der Waals surface area contributed by atoms with Crippen molar-refractivity contribution >= 4 is 0 Å². The predicted molar refractivity (Wildman–Crippen MR) is 126 cm³/mol. The van der Waals surface area contributed by atoms with Crippen molar-refractivity contribution in [1.82, 2.24) is 0 Å². The monoisotopic (exact) mass is 587 g/mol. The summed E-state index contributed by atoms with van der Waals surface area (Å²) in [6.07, 6.45) is -1.00. The van der Waals surface area contributed by atoms with Crippen LogP contribution in [0.1, 0.15) is 83.1 Å². The van der Waals surface area contributed by atoms with Crippen LogP contribution in [0.4, 0.5) is 0 Å². The van der Waals surface area contributed by atoms with Gasteiger partial charge in [-0.3, -0.25) is 0 Å². The molecule has 12 heteroatoms. The number of aliphatic hydroxyl groups excluding tert-OH is 7. The molecule has 11 N–H and O–H groups in total. The number of hydrogen-bond acceptors (Lipinski definition) is 7. The largest absolute Gasteiger partial charge is 0.412 e. The SMILES string of the molecule is CC(C)O.CC(C)O.CC(C)O.CC(C)O.CC(C)O.CC(C)O.CO.O.O.[CH3-].[Ti].[Ti].[Ti]. The second kappa shape index (κ2) is 84.6. The summed E-state index contributed by atoms with van der Waals surface area (Å²) in [5, 5.41) is 55.3. The molecule has 0 saturated carbocycles. The molecule has 0 atom stereocenters. The summed E-state index contributed by atoms with van der Waals surface area (Å²) >= 11 is 0. The van der Waals surface area contributed by atoms with Crippen LogP contribution in [0, 0.1) is 7.43 Å². The van der Waals surface area contributed by atoms with E-state index in [1.165, 1.54) is 0 Å². The molecule has 0 aliphatic rings. The summed E-state index contributed by atoms with van der Waals surface area (Å²) in [4.78, 5) is 0. The van der Waals surface area contributed by atoms with E-state index in [4.69, 9.17) is 35.7 Å². The van der Waals surface area contributed by atoms with Crippen LogP contribution in [0.25, 0.3) is 0 Å². The molecule has 0 unspecified atom stereocenters. The Morgan fingerprint density at radius 3 is 0.312 bits per heavy atom. The molecule has 0 radical (unpaired) electrons. The topological polar surface area (TPSA) is 205 Å². The summed E-state index contributed by atoms with van der Waals surface area (Å²) in [5.74, 6) is 0. The van der Waals surface area contributed by atoms with E-state index < -0.39 is 0 Å². The van der Waals surface area contributed by atoms with E-state index in [1.54, 1.807) is 83.1 Å². The fourth-order valence-corrected chi connectivity index (χ4v) is 0. The molecule has 0 heterocycles. The third-order valence-corrected chi connectivity index (χ3v) is 0. The Hall–Kier alpha value is 1.78. The molecule has 206 valence electrons. The van der Waals surface area contributed by atoms with Crippen LogP contribution in [-0.4, -0.2) is 90.4 Å². The van der Waals surface area contributed by atoms with E-state index >= 15 is 0 Å². The molecule has 0 fully saturated rings. The zero-order valence-corrected chi connectivity index (χ0v) is 27.8. The van der Waals surface area contributed by atoms with E-state index in [1.807, 2.05) is 0 Å². The Balaban J connectivity index is -0.0000000117. The molecule has 0 rings (SSSR count). The Morgan fingerprint density at radius 2 is 0.312 bits per heavy atom. The van der Waals surface area contributed by atoms with Crippen LogP contribution >= 0.6 is 0 Å². The first-order chi connectivity index (χ1) is 11.4. The van der Waals surface area contributed by atoms with Crippen molar-refractivity contribution in [1.29, 1.82) is 0 Å². The van der Waals surface area contributed by atoms with Crippen LogP contribution in [-0.2, 0) is 65.2 Å². The van der Waals surface area contributed by atoms with Crippen molar-refractivity contribution in [3.8, 4) is 0 Å². The van der Waals surface area contributed by atoms with E-state index in [0.29, 0.717) is 0 Å². The number of hydrogen-bond donors (Lipinski definition) is 7. The average Bonchev–Trinajstić information content (AvgIpc) is 2.25. The maximum atomic E-state index is 8.06. The normalized spacial score (nSPS) is 6.94. The first-order valence-electron chi connectivity index (χ1n) is 8.92. The standard InChI is InChI=1S/6C3H8O.CH4O.CH3.2H2O.3Ti/c6*1-3(2)4;1-2;;;;;;/h6*3-4H,1-2H3;2H,1H3;1H3;2*1H2;;;/q;;;;;;;-1;;;;;. The minimum atomic E-state index is -0.167. The maximum absolute atomic E-state index is 8.06. The first-order valence-corrected chi connectivity index (χ1v) is 8.92. The fourth-order valence-electron chi connectivity index (χ4n) is 0. The summed E-state index contributed by atoms with van der Waals surface area (Å²) in [6.45, 7) is 20.7. The van der Waals surface area contributed by atoms with Crippen LogP contribution < -0.4 is 0 Å². The van der Waals surface area contributed by atoms with Gasteiger partial charge in [-0.05, 0) is 83.1 Å². The zero-order chi connectivity index (χ0) is 23.5. The van der Waals surface area contributed by atoms with Gasteiger partial charge in [-0.15, -0.1) is 0 Å². The van der Waals surface area contributed by atoms with Crippen molar-refractivity contribution in [3.63, 3.8) is 0 Å². The molecule has 0 bridgehead atoms. The van der Waals surface area contributed by atoms with Crippen LogP contribution in [0.15, 0.2) is 0 Å². The predicted octanol–water partition coefficient (Wildman–Crippen LogP) is 0.724. The number of aliphatic hydroxyl groups is 7. The Morgan fingerprint density at radius 1 is 0.312 bits per heavy atom. The van der Waals surface area contributed by atoms with E-state index in [2.05, 4.69) is 0 Å². The van der Waals surface area contributed by atoms with Crippen LogP contribution in [0.2, 0.25) is 0 Å². The van der Waals surface area contributed by atoms with Crippen molar-refractivity contribution in [2.75, 3.05) is 7.11 Å². The van der Waals surface area contributed by atoms with E-state index in [9.17, 15) is 0 Å². The van der Waals surface area contributed by atoms with Crippen LogP contribution in [0.5, 0.6) is 0 Å². The molecular formula is C20H59O9Ti3-. The van der Waals surface area contributed by atoms with Crippen molar-refractivity contribution in [2.24, 2.45) is 0 Å². The van der Waals surface area contributed by atoms with E-state index in [0.717, 1.165) is 7.11 Å². The van der Waals surface area contributed by atoms with Gasteiger partial charge in [-0.25, -0.2) is 0 Å². The molecule has 9 nitrogen and oxygen atoms in total. The van der Waals surface area contributed by atoms with Gasteiger partial charge in [0.15, 0.2) is 0 Å². The summed E-state index contributed by atoms with van der Waals surface area (Å²) in [7, 11) is 1.00. The third-order valence-electron chi connectivity index (χ3n) is 0. The van der Waals surface area contributed by atoms with Gasteiger partial charge in [0, 0.05) is 109 Å². The molecule has 0 aromatic carbocycles. The smallest absolute Gasteiger partial charge is 0.0483 e. The molecule has 32 heavy (non-hydrogen) atoms. The summed E-state index contributed by atoms with van der Waals surface area (Å²) in [5.41, 5.74) is 0. The second-order valence-corrected chi connectivity index (χ2v) is 6.56. The molecule has 0 aliphatic carbocycles. The van der Waals surface area contributed by atoms with Gasteiger partial charge in [-0.1, -0.05) is 0 Å². The molecule has 0 saturated heterocycles. The molecule has 0 aromatic rings. The van der Waals surface area contributed by atoms with Gasteiger partial charge in [0.2, 0.25) is 0 Å².